The number of anilines is 1. The maximum atomic E-state index is 13.0. The van der Waals surface area contributed by atoms with Crippen LogP contribution in [0.1, 0.15) is 48.2 Å². The first-order valence-corrected chi connectivity index (χ1v) is 9.87. The number of nitrogens with zero attached hydrogens (tertiary/aromatic N) is 3. The van der Waals surface area contributed by atoms with Crippen molar-refractivity contribution in [3.8, 4) is 5.88 Å². The molecule has 0 atom stereocenters. The highest BCUT2D eigenvalue weighted by atomic mass is 19.3. The van der Waals surface area contributed by atoms with Crippen LogP contribution in [0.15, 0.2) is 42.7 Å². The molecule has 0 bridgehead atoms. The molecule has 1 amide bonds. The Labute approximate surface area is 172 Å². The van der Waals surface area contributed by atoms with E-state index in [0.29, 0.717) is 17.1 Å². The Balaban J connectivity index is 1.33. The number of imidazole rings is 1. The number of fused-ring (bicyclic) bond motifs is 1. The molecule has 30 heavy (non-hydrogen) atoms. The van der Waals surface area contributed by atoms with Crippen molar-refractivity contribution in [2.24, 2.45) is 0 Å². The van der Waals surface area contributed by atoms with Crippen LogP contribution < -0.4 is 15.4 Å². The maximum absolute atomic E-state index is 13.0. The van der Waals surface area contributed by atoms with Crippen molar-refractivity contribution in [1.29, 1.82) is 0 Å². The van der Waals surface area contributed by atoms with E-state index >= 15 is 0 Å². The molecule has 158 valence electrons. The van der Waals surface area contributed by atoms with Crippen molar-refractivity contribution < 1.29 is 18.3 Å². The van der Waals surface area contributed by atoms with E-state index < -0.39 is 6.43 Å². The first-order valence-electron chi connectivity index (χ1n) is 9.87. The molecule has 0 spiro atoms. The molecule has 2 N–H and O–H groups in total. The highest BCUT2D eigenvalue weighted by Crippen LogP contribution is 2.25. The largest absolute Gasteiger partial charge is 0.481 e. The summed E-state index contributed by atoms with van der Waals surface area (Å²) in [6, 6.07) is 9.00. The fourth-order valence-electron chi connectivity index (χ4n) is 3.75. The number of aromatic nitrogens is 3. The van der Waals surface area contributed by atoms with E-state index in [1.54, 1.807) is 28.7 Å². The fourth-order valence-corrected chi connectivity index (χ4v) is 3.75. The zero-order valence-electron chi connectivity index (χ0n) is 16.5. The molecule has 0 unspecified atom stereocenters. The van der Waals surface area contributed by atoms with Crippen molar-refractivity contribution in [2.75, 3.05) is 12.4 Å². The minimum atomic E-state index is -2.60. The van der Waals surface area contributed by atoms with E-state index in [-0.39, 0.29) is 23.7 Å². The van der Waals surface area contributed by atoms with Crippen LogP contribution in [0.3, 0.4) is 0 Å². The van der Waals surface area contributed by atoms with Crippen molar-refractivity contribution in [1.82, 2.24) is 19.7 Å². The van der Waals surface area contributed by atoms with Gasteiger partial charge in [0.05, 0.1) is 12.7 Å². The Morgan fingerprint density at radius 2 is 1.93 bits per heavy atom. The van der Waals surface area contributed by atoms with Crippen molar-refractivity contribution in [2.45, 2.75) is 44.2 Å². The van der Waals surface area contributed by atoms with Crippen molar-refractivity contribution in [3.63, 3.8) is 0 Å². The molecule has 3 aromatic heterocycles. The first kappa shape index (κ1) is 20.1. The van der Waals surface area contributed by atoms with Gasteiger partial charge in [-0.3, -0.25) is 9.20 Å². The highest BCUT2D eigenvalue weighted by molar-refractivity contribution is 5.94. The van der Waals surface area contributed by atoms with Gasteiger partial charge in [-0.15, -0.1) is 0 Å². The maximum Gasteiger partial charge on any atom is 0.281 e. The molecule has 3 aromatic rings. The van der Waals surface area contributed by atoms with Gasteiger partial charge in [0, 0.05) is 30.5 Å². The third-order valence-electron chi connectivity index (χ3n) is 5.36. The van der Waals surface area contributed by atoms with E-state index in [9.17, 15) is 13.6 Å². The lowest BCUT2D eigenvalue weighted by Crippen LogP contribution is -2.40. The van der Waals surface area contributed by atoms with Gasteiger partial charge in [0.25, 0.3) is 12.3 Å². The molecule has 3 heterocycles. The summed E-state index contributed by atoms with van der Waals surface area (Å²) in [4.78, 5) is 20.4. The molecule has 0 radical (unpaired) electrons. The number of amides is 1. The Morgan fingerprint density at radius 1 is 1.17 bits per heavy atom. The lowest BCUT2D eigenvalue weighted by atomic mass is 9.91. The Bertz CT molecular complexity index is 1010. The molecule has 1 saturated carbocycles. The summed E-state index contributed by atoms with van der Waals surface area (Å²) >= 11 is 0. The van der Waals surface area contributed by atoms with E-state index in [1.807, 2.05) is 6.07 Å². The van der Waals surface area contributed by atoms with Gasteiger partial charge in [0.2, 0.25) is 5.88 Å². The molecular formula is C21H23F2N5O2. The van der Waals surface area contributed by atoms with Gasteiger partial charge in [-0.2, -0.15) is 0 Å². The SMILES string of the molecule is COc1ccc(C(=O)N[C@H]2CC[C@@H](Nc3cccc4nc(C(F)F)cn34)CC2)cn1. The van der Waals surface area contributed by atoms with E-state index in [4.69, 9.17) is 4.74 Å². The summed E-state index contributed by atoms with van der Waals surface area (Å²) in [6.45, 7) is 0. The predicted molar refractivity (Wildman–Crippen MR) is 108 cm³/mol. The summed E-state index contributed by atoms with van der Waals surface area (Å²) in [7, 11) is 1.53. The molecule has 0 saturated heterocycles. The quantitative estimate of drug-likeness (QED) is 0.640. The molecular weight excluding hydrogens is 392 g/mol. The molecule has 1 aliphatic carbocycles. The summed E-state index contributed by atoms with van der Waals surface area (Å²) < 4.78 is 32.6. The number of hydrogen-bond donors (Lipinski definition) is 2. The van der Waals surface area contributed by atoms with Crippen molar-refractivity contribution in [3.05, 3.63) is 54.0 Å². The van der Waals surface area contributed by atoms with Crippen LogP contribution >= 0.6 is 0 Å². The number of hydrogen-bond acceptors (Lipinski definition) is 5. The zero-order chi connectivity index (χ0) is 21.1. The number of nitrogens with one attached hydrogen (secondary N) is 2. The smallest absolute Gasteiger partial charge is 0.281 e. The number of halogens is 2. The summed E-state index contributed by atoms with van der Waals surface area (Å²) in [5, 5.41) is 6.49. The van der Waals surface area contributed by atoms with Crippen LogP contribution in [0.5, 0.6) is 5.88 Å². The predicted octanol–water partition coefficient (Wildman–Crippen LogP) is 3.83. The van der Waals surface area contributed by atoms with Gasteiger partial charge in [-0.05, 0) is 43.9 Å². The van der Waals surface area contributed by atoms with Crippen LogP contribution in [0, 0.1) is 0 Å². The Kier molecular flexibility index (Phi) is 5.78. The monoisotopic (exact) mass is 415 g/mol. The van der Waals surface area contributed by atoms with Gasteiger partial charge >= 0.3 is 0 Å². The molecule has 4 rings (SSSR count). The first-order chi connectivity index (χ1) is 14.5. The average molecular weight is 415 g/mol. The van der Waals surface area contributed by atoms with E-state index in [1.165, 1.54) is 19.5 Å². The van der Waals surface area contributed by atoms with Crippen LogP contribution in [0.2, 0.25) is 0 Å². The highest BCUT2D eigenvalue weighted by Gasteiger charge is 2.23. The molecule has 7 nitrogen and oxygen atoms in total. The molecule has 1 fully saturated rings. The zero-order valence-corrected chi connectivity index (χ0v) is 16.5. The molecule has 1 aliphatic rings. The number of rotatable bonds is 6. The van der Waals surface area contributed by atoms with Gasteiger partial charge in [-0.1, -0.05) is 6.07 Å². The Hall–Kier alpha value is -3.23. The summed E-state index contributed by atoms with van der Waals surface area (Å²) in [6.07, 6.45) is 3.65. The second kappa shape index (κ2) is 8.64. The second-order valence-electron chi connectivity index (χ2n) is 7.36. The van der Waals surface area contributed by atoms with E-state index in [2.05, 4.69) is 20.6 Å². The second-order valence-corrected chi connectivity index (χ2v) is 7.36. The summed E-state index contributed by atoms with van der Waals surface area (Å²) in [5.41, 5.74) is 0.755. The number of carbonyl (C=O) groups excluding carboxylic acids is 1. The lowest BCUT2D eigenvalue weighted by molar-refractivity contribution is 0.0926. The third kappa shape index (κ3) is 4.34. The van der Waals surface area contributed by atoms with Crippen LogP contribution in [0.25, 0.3) is 5.65 Å². The van der Waals surface area contributed by atoms with Crippen LogP contribution in [-0.2, 0) is 0 Å². The Morgan fingerprint density at radius 3 is 2.60 bits per heavy atom. The van der Waals surface area contributed by atoms with Gasteiger partial charge in [-0.25, -0.2) is 18.7 Å². The molecule has 9 heteroatoms. The normalized spacial score (nSPS) is 19.1. The number of methoxy groups -OCH3 is 1. The van der Waals surface area contributed by atoms with Gasteiger partial charge < -0.3 is 15.4 Å². The lowest BCUT2D eigenvalue weighted by Gasteiger charge is -2.30. The number of carbonyl (C=O) groups is 1. The number of ether oxygens (including phenoxy) is 1. The summed E-state index contributed by atoms with van der Waals surface area (Å²) in [5.74, 6) is 1.06. The van der Waals surface area contributed by atoms with Crippen molar-refractivity contribution >= 4 is 17.4 Å². The van der Waals surface area contributed by atoms with Gasteiger partial charge in [0.1, 0.15) is 17.2 Å². The van der Waals surface area contributed by atoms with Crippen LogP contribution in [0.4, 0.5) is 14.6 Å². The van der Waals surface area contributed by atoms with Crippen LogP contribution in [-0.4, -0.2) is 39.5 Å². The van der Waals surface area contributed by atoms with Gasteiger partial charge in [0.15, 0.2) is 0 Å². The topological polar surface area (TPSA) is 80.5 Å². The fraction of sp³-hybridized carbons (Fsp3) is 0.381. The minimum absolute atomic E-state index is 0.0899. The average Bonchev–Trinajstić information content (AvgIpc) is 3.21. The molecule has 0 aromatic carbocycles. The standard InChI is InChI=1S/C21H23F2N5O2/c1-30-19-10-5-13(11-24-19)21(29)26-15-8-6-14(7-9-15)25-17-3-2-4-18-27-16(20(22)23)12-28(17)18/h2-5,10-12,14-15,20,25H,6-9H2,1H3,(H,26,29)/t14-,15+. The number of alkyl halides is 2. The number of pyridine rings is 2. The van der Waals surface area contributed by atoms with E-state index in [0.717, 1.165) is 31.5 Å². The molecule has 0 aliphatic heterocycles. The minimum Gasteiger partial charge on any atom is -0.481 e. The third-order valence-corrected chi connectivity index (χ3v) is 5.36.